The number of nitrogens with two attached hydrogens (primary N) is 1. The minimum Gasteiger partial charge on any atom is -0.271 e. The van der Waals surface area contributed by atoms with E-state index in [9.17, 15) is 0 Å². The summed E-state index contributed by atoms with van der Waals surface area (Å²) in [5.74, 6) is 6.25. The van der Waals surface area contributed by atoms with Crippen molar-refractivity contribution in [3.05, 3.63) is 70.2 Å². The Morgan fingerprint density at radius 2 is 1.60 bits per heavy atom. The van der Waals surface area contributed by atoms with Crippen molar-refractivity contribution in [3.8, 4) is 0 Å². The van der Waals surface area contributed by atoms with Crippen LogP contribution >= 0.6 is 11.6 Å². The smallest absolute Gasteiger partial charge is 0.0500 e. The van der Waals surface area contributed by atoms with Gasteiger partial charge in [-0.2, -0.15) is 0 Å². The molecule has 0 amide bonds. The van der Waals surface area contributed by atoms with Crippen molar-refractivity contribution < 1.29 is 0 Å². The second-order valence-corrected chi connectivity index (χ2v) is 5.74. The summed E-state index contributed by atoms with van der Waals surface area (Å²) in [7, 11) is 0. The van der Waals surface area contributed by atoms with Crippen molar-refractivity contribution in [3.63, 3.8) is 0 Å². The van der Waals surface area contributed by atoms with Crippen LogP contribution in [0.2, 0.25) is 5.02 Å². The number of rotatable bonds is 5. The van der Waals surface area contributed by atoms with Gasteiger partial charge in [0.15, 0.2) is 0 Å². The lowest BCUT2D eigenvalue weighted by Gasteiger charge is -2.18. The fourth-order valence-corrected chi connectivity index (χ4v) is 2.48. The Morgan fingerprint density at radius 3 is 2.15 bits per heavy atom. The summed E-state index contributed by atoms with van der Waals surface area (Å²) >= 11 is 6.21. The monoisotopic (exact) mass is 288 g/mol. The van der Waals surface area contributed by atoms with Crippen LogP contribution in [-0.2, 0) is 6.42 Å². The molecule has 0 aliphatic carbocycles. The van der Waals surface area contributed by atoms with Crippen LogP contribution < -0.4 is 11.3 Å². The Morgan fingerprint density at radius 1 is 1.00 bits per heavy atom. The zero-order chi connectivity index (χ0) is 14.5. The summed E-state index contributed by atoms with van der Waals surface area (Å²) in [5, 5.41) is 0.784. The molecule has 0 aliphatic rings. The van der Waals surface area contributed by atoms with E-state index in [0.29, 0.717) is 5.92 Å². The summed E-state index contributed by atoms with van der Waals surface area (Å²) in [5.41, 5.74) is 6.50. The number of hydrogen-bond donors (Lipinski definition) is 2. The Labute approximate surface area is 125 Å². The highest BCUT2D eigenvalue weighted by atomic mass is 35.5. The molecule has 0 aromatic heterocycles. The first-order chi connectivity index (χ1) is 9.61. The molecule has 0 bridgehead atoms. The van der Waals surface area contributed by atoms with Gasteiger partial charge >= 0.3 is 0 Å². The number of nitrogens with one attached hydrogen (secondary N) is 1. The highest BCUT2D eigenvalue weighted by molar-refractivity contribution is 6.31. The third-order valence-corrected chi connectivity index (χ3v) is 3.96. The van der Waals surface area contributed by atoms with Gasteiger partial charge in [-0.3, -0.25) is 11.3 Å². The lowest BCUT2D eigenvalue weighted by Crippen LogP contribution is -2.29. The standard InChI is InChI=1S/C17H21ClN2/c1-12(2)13-7-9-14(10-8-13)17(20-19)11-15-5-3-4-6-16(15)18/h3-10,12,17,20H,11,19H2,1-2H3. The van der Waals surface area contributed by atoms with E-state index in [1.54, 1.807) is 0 Å². The lowest BCUT2D eigenvalue weighted by molar-refractivity contribution is 0.552. The zero-order valence-corrected chi connectivity index (χ0v) is 12.7. The molecule has 2 rings (SSSR count). The molecule has 0 fully saturated rings. The van der Waals surface area contributed by atoms with Crippen LogP contribution in [0, 0.1) is 0 Å². The molecule has 1 atom stereocenters. The van der Waals surface area contributed by atoms with E-state index in [1.807, 2.05) is 24.3 Å². The maximum absolute atomic E-state index is 6.21. The van der Waals surface area contributed by atoms with Crippen LogP contribution in [0.5, 0.6) is 0 Å². The topological polar surface area (TPSA) is 38.0 Å². The fraction of sp³-hybridized carbons (Fsp3) is 0.294. The predicted molar refractivity (Wildman–Crippen MR) is 85.8 cm³/mol. The third-order valence-electron chi connectivity index (χ3n) is 3.59. The summed E-state index contributed by atoms with van der Waals surface area (Å²) in [6.07, 6.45) is 0.775. The molecule has 0 radical (unpaired) electrons. The lowest BCUT2D eigenvalue weighted by atomic mass is 9.96. The molecule has 0 saturated heterocycles. The summed E-state index contributed by atoms with van der Waals surface area (Å²) in [6.45, 7) is 4.38. The molecule has 2 nitrogen and oxygen atoms in total. The highest BCUT2D eigenvalue weighted by Crippen LogP contribution is 2.24. The number of benzene rings is 2. The molecule has 2 aromatic rings. The van der Waals surface area contributed by atoms with E-state index in [-0.39, 0.29) is 6.04 Å². The third kappa shape index (κ3) is 3.60. The first-order valence-corrected chi connectivity index (χ1v) is 7.29. The van der Waals surface area contributed by atoms with Gasteiger partial charge in [-0.05, 0) is 35.1 Å². The molecule has 0 saturated carbocycles. The van der Waals surface area contributed by atoms with Crippen molar-refractivity contribution in [1.82, 2.24) is 5.43 Å². The van der Waals surface area contributed by atoms with Crippen LogP contribution in [0.1, 0.15) is 42.5 Å². The largest absolute Gasteiger partial charge is 0.271 e. The minimum absolute atomic E-state index is 0.0658. The molecule has 0 aliphatic heterocycles. The predicted octanol–water partition coefficient (Wildman–Crippen LogP) is 4.21. The molecule has 1 unspecified atom stereocenters. The quantitative estimate of drug-likeness (QED) is 0.639. The van der Waals surface area contributed by atoms with E-state index in [4.69, 9.17) is 17.4 Å². The molecule has 2 aromatic carbocycles. The molecule has 20 heavy (non-hydrogen) atoms. The average Bonchev–Trinajstić information content (AvgIpc) is 2.46. The van der Waals surface area contributed by atoms with Gasteiger partial charge in [0.2, 0.25) is 0 Å². The van der Waals surface area contributed by atoms with Gasteiger partial charge in [0.05, 0.1) is 6.04 Å². The van der Waals surface area contributed by atoms with Crippen LogP contribution in [0.25, 0.3) is 0 Å². The number of halogens is 1. The van der Waals surface area contributed by atoms with Crippen LogP contribution in [0.3, 0.4) is 0 Å². The summed E-state index contributed by atoms with van der Waals surface area (Å²) in [4.78, 5) is 0. The zero-order valence-electron chi connectivity index (χ0n) is 11.9. The van der Waals surface area contributed by atoms with E-state index >= 15 is 0 Å². The fourth-order valence-electron chi connectivity index (χ4n) is 2.27. The van der Waals surface area contributed by atoms with Gasteiger partial charge in [0.25, 0.3) is 0 Å². The first kappa shape index (κ1) is 15.0. The first-order valence-electron chi connectivity index (χ1n) is 6.91. The van der Waals surface area contributed by atoms with E-state index in [0.717, 1.165) is 17.0 Å². The van der Waals surface area contributed by atoms with Crippen molar-refractivity contribution >= 4 is 11.6 Å². The minimum atomic E-state index is 0.0658. The summed E-state index contributed by atoms with van der Waals surface area (Å²) < 4.78 is 0. The Balaban J connectivity index is 2.18. The molecule has 0 heterocycles. The molecule has 3 heteroatoms. The normalized spacial score (nSPS) is 12.7. The van der Waals surface area contributed by atoms with Gasteiger partial charge < -0.3 is 0 Å². The van der Waals surface area contributed by atoms with Crippen LogP contribution in [0.15, 0.2) is 48.5 Å². The van der Waals surface area contributed by atoms with E-state index < -0.39 is 0 Å². The van der Waals surface area contributed by atoms with Gasteiger partial charge in [-0.15, -0.1) is 0 Å². The van der Waals surface area contributed by atoms with Crippen LogP contribution in [-0.4, -0.2) is 0 Å². The van der Waals surface area contributed by atoms with Crippen LogP contribution in [0.4, 0.5) is 0 Å². The Kier molecular flexibility index (Phi) is 5.18. The molecule has 106 valence electrons. The van der Waals surface area contributed by atoms with Crippen molar-refractivity contribution in [2.75, 3.05) is 0 Å². The molecular weight excluding hydrogens is 268 g/mol. The van der Waals surface area contributed by atoms with Gasteiger partial charge in [0, 0.05) is 5.02 Å². The van der Waals surface area contributed by atoms with Crippen molar-refractivity contribution in [2.45, 2.75) is 32.2 Å². The van der Waals surface area contributed by atoms with Crippen molar-refractivity contribution in [1.29, 1.82) is 0 Å². The molecule has 0 spiro atoms. The van der Waals surface area contributed by atoms with E-state index in [2.05, 4.69) is 43.5 Å². The van der Waals surface area contributed by atoms with Crippen molar-refractivity contribution in [2.24, 2.45) is 5.84 Å². The summed E-state index contributed by atoms with van der Waals surface area (Å²) in [6, 6.07) is 16.5. The maximum Gasteiger partial charge on any atom is 0.0500 e. The Bertz CT molecular complexity index is 549. The second kappa shape index (κ2) is 6.89. The molecule has 3 N–H and O–H groups in total. The number of hydrogen-bond acceptors (Lipinski definition) is 2. The van der Waals surface area contributed by atoms with Gasteiger partial charge in [-0.25, -0.2) is 0 Å². The average molecular weight is 289 g/mol. The Hall–Kier alpha value is -1.35. The highest BCUT2D eigenvalue weighted by Gasteiger charge is 2.12. The second-order valence-electron chi connectivity index (χ2n) is 5.34. The van der Waals surface area contributed by atoms with E-state index in [1.165, 1.54) is 11.1 Å². The SMILES string of the molecule is CC(C)c1ccc(C(Cc2ccccc2Cl)NN)cc1. The maximum atomic E-state index is 6.21. The van der Waals surface area contributed by atoms with Gasteiger partial charge in [-0.1, -0.05) is 67.9 Å². The number of hydrazine groups is 1. The van der Waals surface area contributed by atoms with Gasteiger partial charge in [0.1, 0.15) is 0 Å². The molecular formula is C17H21ClN2.